The molecule has 0 unspecified atom stereocenters. The molecule has 1 aliphatic rings. The first kappa shape index (κ1) is 22.4. The molecule has 1 heterocycles. The van der Waals surface area contributed by atoms with Gasteiger partial charge in [-0.05, 0) is 67.1 Å². The maximum atomic E-state index is 13.6. The van der Waals surface area contributed by atoms with Crippen molar-refractivity contribution in [3.63, 3.8) is 0 Å². The minimum absolute atomic E-state index is 0.0503. The fourth-order valence-corrected chi connectivity index (χ4v) is 4.74. The molecule has 0 saturated carbocycles. The van der Waals surface area contributed by atoms with Crippen LogP contribution in [0.25, 0.3) is 0 Å². The van der Waals surface area contributed by atoms with Gasteiger partial charge in [-0.25, -0.2) is 0 Å². The number of nitrogens with one attached hydrogen (secondary N) is 1. The summed E-state index contributed by atoms with van der Waals surface area (Å²) in [5, 5.41) is 3.76. The van der Waals surface area contributed by atoms with E-state index in [1.165, 1.54) is 0 Å². The average Bonchev–Trinajstić information content (AvgIpc) is 2.80. The van der Waals surface area contributed by atoms with Crippen LogP contribution in [0.5, 0.6) is 5.75 Å². The van der Waals surface area contributed by atoms with Gasteiger partial charge in [-0.2, -0.15) is 0 Å². The molecular formula is C27H28ClNO3. The summed E-state index contributed by atoms with van der Waals surface area (Å²) in [4.78, 5) is 13.6. The summed E-state index contributed by atoms with van der Waals surface area (Å²) >= 11 is 6.51. The van der Waals surface area contributed by atoms with Crippen molar-refractivity contribution >= 4 is 23.2 Å². The van der Waals surface area contributed by atoms with Crippen molar-refractivity contribution in [1.29, 1.82) is 0 Å². The molecule has 1 fully saturated rings. The first-order valence-corrected chi connectivity index (χ1v) is 11.3. The quantitative estimate of drug-likeness (QED) is 0.485. The Bertz CT molecular complexity index is 1070. The Morgan fingerprint density at radius 3 is 2.28 bits per heavy atom. The molecule has 1 N–H and O–H groups in total. The zero-order valence-electron chi connectivity index (χ0n) is 18.5. The molecule has 0 radical (unpaired) electrons. The van der Waals surface area contributed by atoms with Crippen LogP contribution in [0.2, 0.25) is 5.02 Å². The summed E-state index contributed by atoms with van der Waals surface area (Å²) in [7, 11) is 0. The second-order valence-electron chi connectivity index (χ2n) is 8.34. The van der Waals surface area contributed by atoms with Crippen LogP contribution in [-0.4, -0.2) is 19.1 Å². The lowest BCUT2D eigenvalue weighted by Gasteiger charge is -2.36. The van der Waals surface area contributed by atoms with Crippen LogP contribution >= 0.6 is 11.6 Å². The Hall–Kier alpha value is -2.82. The van der Waals surface area contributed by atoms with Gasteiger partial charge in [0.2, 0.25) is 5.91 Å². The van der Waals surface area contributed by atoms with E-state index in [9.17, 15) is 4.79 Å². The summed E-state index contributed by atoms with van der Waals surface area (Å²) in [6.07, 6.45) is 1.19. The minimum Gasteiger partial charge on any atom is -0.488 e. The maximum absolute atomic E-state index is 13.6. The van der Waals surface area contributed by atoms with Crippen molar-refractivity contribution in [2.75, 3.05) is 18.5 Å². The van der Waals surface area contributed by atoms with E-state index in [0.717, 1.165) is 33.7 Å². The molecule has 4 nitrogen and oxygen atoms in total. The van der Waals surface area contributed by atoms with Crippen LogP contribution in [-0.2, 0) is 21.6 Å². The molecular weight excluding hydrogens is 422 g/mol. The lowest BCUT2D eigenvalue weighted by molar-refractivity contribution is -0.125. The lowest BCUT2D eigenvalue weighted by Crippen LogP contribution is -2.45. The fraction of sp³-hybridized carbons (Fsp3) is 0.296. The number of amides is 1. The molecule has 0 atom stereocenters. The van der Waals surface area contributed by atoms with Crippen LogP contribution in [0.4, 0.5) is 5.69 Å². The molecule has 1 aliphatic heterocycles. The van der Waals surface area contributed by atoms with Crippen LogP contribution in [0.3, 0.4) is 0 Å². The van der Waals surface area contributed by atoms with E-state index in [4.69, 9.17) is 21.1 Å². The molecule has 32 heavy (non-hydrogen) atoms. The lowest BCUT2D eigenvalue weighted by atomic mass is 9.73. The summed E-state index contributed by atoms with van der Waals surface area (Å²) < 4.78 is 11.7. The number of hydrogen-bond donors (Lipinski definition) is 1. The predicted molar refractivity (Wildman–Crippen MR) is 129 cm³/mol. The van der Waals surface area contributed by atoms with Crippen LogP contribution < -0.4 is 10.1 Å². The minimum atomic E-state index is -0.707. The van der Waals surface area contributed by atoms with Gasteiger partial charge in [0.15, 0.2) is 0 Å². The summed E-state index contributed by atoms with van der Waals surface area (Å²) in [5.74, 6) is 0.796. The number of hydrogen-bond acceptors (Lipinski definition) is 3. The number of carbonyl (C=O) groups excluding carboxylic acids is 1. The molecule has 0 aliphatic carbocycles. The number of ether oxygens (including phenoxy) is 2. The molecule has 0 spiro atoms. The predicted octanol–water partition coefficient (Wildman–Crippen LogP) is 6.22. The molecule has 1 saturated heterocycles. The van der Waals surface area contributed by atoms with Crippen molar-refractivity contribution in [3.8, 4) is 5.75 Å². The van der Waals surface area contributed by atoms with Gasteiger partial charge in [0.05, 0.1) is 5.41 Å². The van der Waals surface area contributed by atoms with E-state index in [2.05, 4.69) is 5.32 Å². The van der Waals surface area contributed by atoms with E-state index >= 15 is 0 Å². The number of halogens is 1. The van der Waals surface area contributed by atoms with Crippen LogP contribution in [0.1, 0.15) is 35.1 Å². The highest BCUT2D eigenvalue weighted by molar-refractivity contribution is 6.31. The summed E-state index contributed by atoms with van der Waals surface area (Å²) in [5.41, 5.74) is 3.99. The molecule has 5 heteroatoms. The zero-order chi connectivity index (χ0) is 22.6. The van der Waals surface area contributed by atoms with E-state index in [-0.39, 0.29) is 5.91 Å². The van der Waals surface area contributed by atoms with Gasteiger partial charge in [-0.15, -0.1) is 0 Å². The average molecular weight is 450 g/mol. The number of carbonyl (C=O) groups is 1. The monoisotopic (exact) mass is 449 g/mol. The Balaban J connectivity index is 1.56. The third kappa shape index (κ3) is 4.67. The second kappa shape index (κ2) is 9.76. The van der Waals surface area contributed by atoms with Gasteiger partial charge in [-0.3, -0.25) is 4.79 Å². The van der Waals surface area contributed by atoms with E-state index < -0.39 is 5.41 Å². The Morgan fingerprint density at radius 2 is 1.62 bits per heavy atom. The normalized spacial score (nSPS) is 15.2. The van der Waals surface area contributed by atoms with Gasteiger partial charge >= 0.3 is 0 Å². The largest absolute Gasteiger partial charge is 0.488 e. The van der Waals surface area contributed by atoms with Gasteiger partial charge in [0.1, 0.15) is 12.4 Å². The van der Waals surface area contributed by atoms with Crippen molar-refractivity contribution in [2.45, 2.75) is 38.7 Å². The molecule has 0 bridgehead atoms. The van der Waals surface area contributed by atoms with Gasteiger partial charge < -0.3 is 14.8 Å². The smallest absolute Gasteiger partial charge is 0.235 e. The Labute approximate surface area is 194 Å². The molecule has 166 valence electrons. The van der Waals surface area contributed by atoms with Crippen LogP contribution in [0, 0.1) is 13.8 Å². The third-order valence-corrected chi connectivity index (χ3v) is 6.44. The van der Waals surface area contributed by atoms with Gasteiger partial charge in [-0.1, -0.05) is 60.1 Å². The summed E-state index contributed by atoms with van der Waals surface area (Å²) in [6.45, 7) is 5.57. The van der Waals surface area contributed by atoms with Crippen molar-refractivity contribution in [1.82, 2.24) is 0 Å². The van der Waals surface area contributed by atoms with Crippen molar-refractivity contribution in [2.24, 2.45) is 0 Å². The van der Waals surface area contributed by atoms with Crippen molar-refractivity contribution < 1.29 is 14.3 Å². The summed E-state index contributed by atoms with van der Waals surface area (Å²) in [6, 6.07) is 21.6. The Kier molecular flexibility index (Phi) is 6.83. The molecule has 1 amide bonds. The number of aryl methyl sites for hydroxylation is 2. The highest BCUT2D eigenvalue weighted by atomic mass is 35.5. The third-order valence-electron chi connectivity index (χ3n) is 6.11. The highest BCUT2D eigenvalue weighted by Gasteiger charge is 2.43. The first-order chi connectivity index (χ1) is 15.5. The number of anilines is 1. The number of rotatable bonds is 6. The van der Waals surface area contributed by atoms with Crippen LogP contribution in [0.15, 0.2) is 66.7 Å². The van der Waals surface area contributed by atoms with E-state index in [1.807, 2.05) is 80.6 Å². The second-order valence-corrected chi connectivity index (χ2v) is 8.75. The molecule has 0 aromatic heterocycles. The van der Waals surface area contributed by atoms with Crippen molar-refractivity contribution in [3.05, 3.63) is 94.0 Å². The Morgan fingerprint density at radius 1 is 1.00 bits per heavy atom. The fourth-order valence-electron chi connectivity index (χ4n) is 4.42. The van der Waals surface area contributed by atoms with E-state index in [1.54, 1.807) is 0 Å². The first-order valence-electron chi connectivity index (χ1n) is 10.9. The van der Waals surface area contributed by atoms with Gasteiger partial charge in [0, 0.05) is 23.9 Å². The molecule has 3 aromatic rings. The topological polar surface area (TPSA) is 47.6 Å². The highest BCUT2D eigenvalue weighted by Crippen LogP contribution is 2.40. The zero-order valence-corrected chi connectivity index (χ0v) is 19.2. The number of benzene rings is 3. The van der Waals surface area contributed by atoms with E-state index in [0.29, 0.717) is 37.7 Å². The molecule has 3 aromatic carbocycles. The maximum Gasteiger partial charge on any atom is 0.235 e. The molecule has 4 rings (SSSR count). The SMILES string of the molecule is Cc1cc(NC(=O)C2(c3ccccc3Cl)CCOCC2)cc(C)c1OCc1ccccc1. The van der Waals surface area contributed by atoms with Gasteiger partial charge in [0.25, 0.3) is 0 Å². The standard InChI is InChI=1S/C27H28ClNO3/c1-19-16-22(17-20(2)25(19)32-18-21-8-4-3-5-9-21)29-26(30)27(12-14-31-15-13-27)23-10-6-7-11-24(23)28/h3-11,16-17H,12-15,18H2,1-2H3,(H,29,30).